The number of rotatable bonds is 4. The molecule has 1 heteroatoms. The molecule has 1 nitrogen and oxygen atoms in total. The van der Waals surface area contributed by atoms with Crippen LogP contribution in [0, 0.1) is 13.8 Å². The van der Waals surface area contributed by atoms with E-state index in [4.69, 9.17) is 0 Å². The normalized spacial score (nSPS) is 14.1. The molecule has 0 heterocycles. The van der Waals surface area contributed by atoms with Crippen molar-refractivity contribution in [1.29, 1.82) is 0 Å². The fraction of sp³-hybridized carbons (Fsp3) is 0.333. The van der Waals surface area contributed by atoms with Gasteiger partial charge in [0, 0.05) is 12.1 Å². The van der Waals surface area contributed by atoms with Gasteiger partial charge in [0.05, 0.1) is 0 Å². The Morgan fingerprint density at radius 3 is 2.26 bits per heavy atom. The van der Waals surface area contributed by atoms with Crippen LogP contribution >= 0.6 is 0 Å². The SMILES string of the molecule is Cc1cccc([C@H](C)NC(C)c2ccccc2C)c1. The van der Waals surface area contributed by atoms with Crippen LogP contribution in [0.4, 0.5) is 0 Å². The third-order valence-electron chi connectivity index (χ3n) is 3.70. The van der Waals surface area contributed by atoms with Gasteiger partial charge in [-0.2, -0.15) is 0 Å². The molecule has 0 bridgehead atoms. The Balaban J connectivity index is 2.11. The van der Waals surface area contributed by atoms with E-state index in [2.05, 4.69) is 81.5 Å². The second-order valence-corrected chi connectivity index (χ2v) is 5.38. The minimum absolute atomic E-state index is 0.356. The highest BCUT2D eigenvalue weighted by atomic mass is 14.9. The molecule has 1 N–H and O–H groups in total. The van der Waals surface area contributed by atoms with E-state index < -0.39 is 0 Å². The van der Waals surface area contributed by atoms with Crippen molar-refractivity contribution < 1.29 is 0 Å². The van der Waals surface area contributed by atoms with Crippen molar-refractivity contribution in [2.24, 2.45) is 0 Å². The molecule has 100 valence electrons. The molecule has 0 amide bonds. The lowest BCUT2D eigenvalue weighted by atomic mass is 10.00. The molecule has 2 aromatic carbocycles. The van der Waals surface area contributed by atoms with E-state index in [1.54, 1.807) is 0 Å². The lowest BCUT2D eigenvalue weighted by molar-refractivity contribution is 0.493. The molecule has 0 radical (unpaired) electrons. The van der Waals surface area contributed by atoms with E-state index in [-0.39, 0.29) is 0 Å². The number of nitrogens with one attached hydrogen (secondary N) is 1. The van der Waals surface area contributed by atoms with Gasteiger partial charge in [-0.3, -0.25) is 0 Å². The predicted octanol–water partition coefficient (Wildman–Crippen LogP) is 4.72. The number of benzene rings is 2. The van der Waals surface area contributed by atoms with Crippen molar-refractivity contribution in [2.45, 2.75) is 39.8 Å². The van der Waals surface area contributed by atoms with Gasteiger partial charge in [-0.1, -0.05) is 54.1 Å². The quantitative estimate of drug-likeness (QED) is 0.831. The van der Waals surface area contributed by atoms with E-state index in [1.807, 2.05) is 0 Å². The summed E-state index contributed by atoms with van der Waals surface area (Å²) in [7, 11) is 0. The molecular weight excluding hydrogens is 230 g/mol. The Bertz CT molecular complexity index is 545. The highest BCUT2D eigenvalue weighted by molar-refractivity contribution is 5.29. The van der Waals surface area contributed by atoms with Crippen molar-refractivity contribution in [3.8, 4) is 0 Å². The van der Waals surface area contributed by atoms with E-state index in [9.17, 15) is 0 Å². The molecule has 0 spiro atoms. The zero-order chi connectivity index (χ0) is 13.8. The van der Waals surface area contributed by atoms with Gasteiger partial charge in [0.25, 0.3) is 0 Å². The van der Waals surface area contributed by atoms with Crippen molar-refractivity contribution >= 4 is 0 Å². The van der Waals surface area contributed by atoms with Gasteiger partial charge in [0.15, 0.2) is 0 Å². The Morgan fingerprint density at radius 2 is 1.58 bits per heavy atom. The summed E-state index contributed by atoms with van der Waals surface area (Å²) >= 11 is 0. The largest absolute Gasteiger partial charge is 0.304 e. The first-order chi connectivity index (χ1) is 9.08. The molecule has 0 aliphatic carbocycles. The summed E-state index contributed by atoms with van der Waals surface area (Å²) in [6.07, 6.45) is 0. The van der Waals surface area contributed by atoms with Crippen LogP contribution in [-0.2, 0) is 0 Å². The second kappa shape index (κ2) is 6.03. The summed E-state index contributed by atoms with van der Waals surface area (Å²) < 4.78 is 0. The molecule has 2 rings (SSSR count). The van der Waals surface area contributed by atoms with Gasteiger partial charge in [-0.25, -0.2) is 0 Å². The summed E-state index contributed by atoms with van der Waals surface area (Å²) in [5, 5.41) is 3.68. The molecular formula is C18H23N. The van der Waals surface area contributed by atoms with Crippen LogP contribution in [0.5, 0.6) is 0 Å². The molecule has 0 aliphatic rings. The molecule has 0 aliphatic heterocycles. The third-order valence-corrected chi connectivity index (χ3v) is 3.70. The fourth-order valence-electron chi connectivity index (χ4n) is 2.57. The Morgan fingerprint density at radius 1 is 0.842 bits per heavy atom. The average Bonchev–Trinajstić information content (AvgIpc) is 2.39. The summed E-state index contributed by atoms with van der Waals surface area (Å²) in [6, 6.07) is 18.0. The molecule has 0 fully saturated rings. The molecule has 0 saturated carbocycles. The maximum absolute atomic E-state index is 3.68. The second-order valence-electron chi connectivity index (χ2n) is 5.38. The van der Waals surface area contributed by atoms with E-state index >= 15 is 0 Å². The van der Waals surface area contributed by atoms with E-state index in [0.717, 1.165) is 0 Å². The van der Waals surface area contributed by atoms with Crippen LogP contribution < -0.4 is 5.32 Å². The minimum atomic E-state index is 0.356. The Hall–Kier alpha value is -1.60. The lowest BCUT2D eigenvalue weighted by Crippen LogP contribution is -2.23. The van der Waals surface area contributed by atoms with Crippen LogP contribution in [0.25, 0.3) is 0 Å². The molecule has 2 aromatic rings. The molecule has 2 atom stereocenters. The standard InChI is InChI=1S/C18H23N/c1-13-8-7-10-17(12-13)15(3)19-16(4)18-11-6-5-9-14(18)2/h5-12,15-16,19H,1-4H3/t15-,16?/m0/s1. The highest BCUT2D eigenvalue weighted by Crippen LogP contribution is 2.22. The van der Waals surface area contributed by atoms with Crippen LogP contribution in [0.3, 0.4) is 0 Å². The highest BCUT2D eigenvalue weighted by Gasteiger charge is 2.12. The molecule has 0 saturated heterocycles. The van der Waals surface area contributed by atoms with Crippen molar-refractivity contribution in [3.05, 3.63) is 70.8 Å². The monoisotopic (exact) mass is 253 g/mol. The first-order valence-corrected chi connectivity index (χ1v) is 6.96. The van der Waals surface area contributed by atoms with Gasteiger partial charge in [0.1, 0.15) is 0 Å². The van der Waals surface area contributed by atoms with Crippen molar-refractivity contribution in [1.82, 2.24) is 5.32 Å². The van der Waals surface area contributed by atoms with E-state index in [0.29, 0.717) is 12.1 Å². The van der Waals surface area contributed by atoms with Crippen LogP contribution in [0.1, 0.15) is 48.2 Å². The molecule has 0 aromatic heterocycles. The van der Waals surface area contributed by atoms with Crippen LogP contribution in [0.2, 0.25) is 0 Å². The summed E-state index contributed by atoms with van der Waals surface area (Å²) in [5.74, 6) is 0. The maximum atomic E-state index is 3.68. The number of hydrogen-bond acceptors (Lipinski definition) is 1. The maximum Gasteiger partial charge on any atom is 0.0300 e. The average molecular weight is 253 g/mol. The molecule has 19 heavy (non-hydrogen) atoms. The first-order valence-electron chi connectivity index (χ1n) is 6.96. The minimum Gasteiger partial charge on any atom is -0.304 e. The van der Waals surface area contributed by atoms with Gasteiger partial charge in [0.2, 0.25) is 0 Å². The molecule has 1 unspecified atom stereocenters. The van der Waals surface area contributed by atoms with Gasteiger partial charge in [-0.15, -0.1) is 0 Å². The first kappa shape index (κ1) is 13.8. The smallest absolute Gasteiger partial charge is 0.0300 e. The van der Waals surface area contributed by atoms with E-state index in [1.165, 1.54) is 22.3 Å². The zero-order valence-electron chi connectivity index (χ0n) is 12.3. The summed E-state index contributed by atoms with van der Waals surface area (Å²) in [4.78, 5) is 0. The predicted molar refractivity (Wildman–Crippen MR) is 82.3 cm³/mol. The summed E-state index contributed by atoms with van der Waals surface area (Å²) in [6.45, 7) is 8.77. The van der Waals surface area contributed by atoms with Gasteiger partial charge in [-0.05, 0) is 44.4 Å². The number of aryl methyl sites for hydroxylation is 2. The van der Waals surface area contributed by atoms with Crippen LogP contribution in [0.15, 0.2) is 48.5 Å². The summed E-state index contributed by atoms with van der Waals surface area (Å²) in [5.41, 5.74) is 5.39. The van der Waals surface area contributed by atoms with Crippen molar-refractivity contribution in [2.75, 3.05) is 0 Å². The Kier molecular flexibility index (Phi) is 4.39. The lowest BCUT2D eigenvalue weighted by Gasteiger charge is -2.22. The Labute approximate surface area is 116 Å². The number of hydrogen-bond donors (Lipinski definition) is 1. The van der Waals surface area contributed by atoms with Crippen LogP contribution in [-0.4, -0.2) is 0 Å². The fourth-order valence-corrected chi connectivity index (χ4v) is 2.57. The zero-order valence-corrected chi connectivity index (χ0v) is 12.3. The van der Waals surface area contributed by atoms with Gasteiger partial charge < -0.3 is 5.32 Å². The topological polar surface area (TPSA) is 12.0 Å². The van der Waals surface area contributed by atoms with Gasteiger partial charge >= 0.3 is 0 Å². The van der Waals surface area contributed by atoms with Crippen molar-refractivity contribution in [3.63, 3.8) is 0 Å². The third kappa shape index (κ3) is 3.45.